The zero-order valence-electron chi connectivity index (χ0n) is 17.0. The van der Waals surface area contributed by atoms with E-state index in [1.54, 1.807) is 30.0 Å². The van der Waals surface area contributed by atoms with Crippen LogP contribution in [0.25, 0.3) is 0 Å². The lowest BCUT2D eigenvalue weighted by Gasteiger charge is -2.36. The highest BCUT2D eigenvalue weighted by Gasteiger charge is 2.31. The quantitative estimate of drug-likeness (QED) is 0.572. The van der Waals surface area contributed by atoms with Gasteiger partial charge < -0.3 is 19.9 Å². The molecule has 0 bridgehead atoms. The van der Waals surface area contributed by atoms with Crippen LogP contribution in [0.1, 0.15) is 23.7 Å². The molecule has 10 heteroatoms. The predicted molar refractivity (Wildman–Crippen MR) is 106 cm³/mol. The van der Waals surface area contributed by atoms with Gasteiger partial charge in [-0.25, -0.2) is 8.78 Å². The molecule has 166 valence electrons. The molecule has 1 fully saturated rings. The van der Waals surface area contributed by atoms with Crippen LogP contribution in [0, 0.1) is 23.3 Å². The van der Waals surface area contributed by atoms with Crippen LogP contribution < -0.4 is 15.0 Å². The zero-order valence-corrected chi connectivity index (χ0v) is 17.0. The Labute approximate surface area is 176 Å². The molecule has 0 spiro atoms. The second-order valence-electron chi connectivity index (χ2n) is 6.86. The van der Waals surface area contributed by atoms with Crippen molar-refractivity contribution in [3.05, 3.63) is 53.1 Å². The molecule has 1 aliphatic rings. The van der Waals surface area contributed by atoms with Crippen molar-refractivity contribution in [3.8, 4) is 5.75 Å². The number of ether oxygens (including phenoxy) is 1. The van der Waals surface area contributed by atoms with E-state index in [1.165, 1.54) is 6.07 Å². The van der Waals surface area contributed by atoms with Gasteiger partial charge in [-0.15, -0.1) is 0 Å². The van der Waals surface area contributed by atoms with Crippen LogP contribution in [-0.4, -0.2) is 50.0 Å². The molecule has 31 heavy (non-hydrogen) atoms. The van der Waals surface area contributed by atoms with Crippen LogP contribution in [0.3, 0.4) is 0 Å². The fraction of sp³-hybridized carbons (Fsp3) is 0.333. The van der Waals surface area contributed by atoms with Crippen molar-refractivity contribution in [1.29, 1.82) is 0 Å². The van der Waals surface area contributed by atoms with Gasteiger partial charge >= 0.3 is 0 Å². The summed E-state index contributed by atoms with van der Waals surface area (Å²) in [6.45, 7) is 3.70. The summed E-state index contributed by atoms with van der Waals surface area (Å²) in [5.41, 5.74) is -0.628. The largest absolute Gasteiger partial charge is 0.491 e. The topological polar surface area (TPSA) is 61.9 Å². The number of rotatable bonds is 5. The Morgan fingerprint density at radius 1 is 0.968 bits per heavy atom. The van der Waals surface area contributed by atoms with Crippen molar-refractivity contribution in [2.24, 2.45) is 0 Å². The fourth-order valence-corrected chi connectivity index (χ4v) is 3.45. The van der Waals surface area contributed by atoms with Gasteiger partial charge in [0.2, 0.25) is 17.5 Å². The summed E-state index contributed by atoms with van der Waals surface area (Å²) in [5, 5.41) is 2.33. The van der Waals surface area contributed by atoms with Crippen LogP contribution in [0.15, 0.2) is 24.3 Å². The molecule has 1 saturated heterocycles. The summed E-state index contributed by atoms with van der Waals surface area (Å²) in [6.07, 6.45) is 0.402. The number of hydrogen-bond donors (Lipinski definition) is 1. The molecule has 6 nitrogen and oxygen atoms in total. The van der Waals surface area contributed by atoms with Gasteiger partial charge in [-0.05, 0) is 12.1 Å². The van der Waals surface area contributed by atoms with Crippen molar-refractivity contribution < 1.29 is 31.9 Å². The Morgan fingerprint density at radius 3 is 2.10 bits per heavy atom. The normalized spacial score (nSPS) is 13.9. The zero-order chi connectivity index (χ0) is 22.7. The van der Waals surface area contributed by atoms with E-state index in [4.69, 9.17) is 0 Å². The summed E-state index contributed by atoms with van der Waals surface area (Å²) >= 11 is 0. The maximum Gasteiger partial charge on any atom is 0.261 e. The van der Waals surface area contributed by atoms with Crippen molar-refractivity contribution in [2.45, 2.75) is 13.3 Å². The average molecular weight is 439 g/mol. The Hall–Kier alpha value is -3.30. The van der Waals surface area contributed by atoms with Crippen molar-refractivity contribution >= 4 is 23.2 Å². The highest BCUT2D eigenvalue weighted by Crippen LogP contribution is 2.32. The van der Waals surface area contributed by atoms with E-state index in [9.17, 15) is 27.2 Å². The third kappa shape index (κ3) is 4.28. The average Bonchev–Trinajstić information content (AvgIpc) is 2.78. The monoisotopic (exact) mass is 439 g/mol. The Morgan fingerprint density at radius 2 is 1.55 bits per heavy atom. The smallest absolute Gasteiger partial charge is 0.261 e. The Bertz CT molecular complexity index is 979. The highest BCUT2D eigenvalue weighted by molar-refractivity contribution is 6.06. The van der Waals surface area contributed by atoms with Gasteiger partial charge in [-0.1, -0.05) is 19.1 Å². The number of para-hydroxylation sites is 2. The molecular formula is C21H21F4N3O3. The number of halogens is 4. The van der Waals surface area contributed by atoms with Crippen molar-refractivity contribution in [1.82, 2.24) is 4.90 Å². The van der Waals surface area contributed by atoms with Gasteiger partial charge in [0, 0.05) is 32.6 Å². The minimum absolute atomic E-state index is 0.0377. The molecule has 3 rings (SSSR count). The van der Waals surface area contributed by atoms with Crippen LogP contribution in [-0.2, 0) is 4.79 Å². The number of carbonyl (C=O) groups excluding carboxylic acids is 2. The van der Waals surface area contributed by atoms with Gasteiger partial charge in [-0.3, -0.25) is 9.59 Å². The van der Waals surface area contributed by atoms with Crippen LogP contribution >= 0.6 is 0 Å². The number of carbonyl (C=O) groups is 2. The second kappa shape index (κ2) is 9.23. The van der Waals surface area contributed by atoms with E-state index in [1.807, 2.05) is 4.90 Å². The van der Waals surface area contributed by atoms with Gasteiger partial charge in [-0.2, -0.15) is 8.78 Å². The minimum atomic E-state index is -1.85. The second-order valence-corrected chi connectivity index (χ2v) is 6.86. The van der Waals surface area contributed by atoms with E-state index in [2.05, 4.69) is 10.1 Å². The first-order valence-corrected chi connectivity index (χ1v) is 9.63. The lowest BCUT2D eigenvalue weighted by molar-refractivity contribution is -0.131. The van der Waals surface area contributed by atoms with Crippen LogP contribution in [0.2, 0.25) is 0 Å². The Balaban J connectivity index is 1.86. The number of nitrogens with zero attached hydrogens (tertiary/aromatic N) is 2. The molecule has 2 aromatic rings. The maximum absolute atomic E-state index is 14.3. The first-order valence-electron chi connectivity index (χ1n) is 9.63. The predicted octanol–water partition coefficient (Wildman–Crippen LogP) is 3.56. The summed E-state index contributed by atoms with van der Waals surface area (Å²) in [6, 6.07) is 6.50. The summed E-state index contributed by atoms with van der Waals surface area (Å²) in [4.78, 5) is 28.0. The van der Waals surface area contributed by atoms with E-state index in [-0.39, 0.29) is 11.6 Å². The molecule has 0 saturated carbocycles. The number of anilines is 2. The standard InChI is InChI=1S/C21H21F4N3O3/c1-3-14(29)28-10-8-27(9-11-28)13-7-5-4-6-12(13)26-21(30)15-16(22)18(24)20(31-2)19(25)17(15)23/h4-7H,3,8-11H2,1-2H3,(H,26,30). The Kier molecular flexibility index (Phi) is 6.67. The highest BCUT2D eigenvalue weighted by atomic mass is 19.2. The number of amides is 2. The molecule has 1 N–H and O–H groups in total. The lowest BCUT2D eigenvalue weighted by Crippen LogP contribution is -2.48. The van der Waals surface area contributed by atoms with Crippen LogP contribution in [0.5, 0.6) is 5.75 Å². The van der Waals surface area contributed by atoms with Crippen molar-refractivity contribution in [2.75, 3.05) is 43.5 Å². The third-order valence-corrected chi connectivity index (χ3v) is 5.08. The number of hydrogen-bond acceptors (Lipinski definition) is 4. The van der Waals surface area contributed by atoms with Gasteiger partial charge in [0.1, 0.15) is 5.56 Å². The molecule has 0 atom stereocenters. The summed E-state index contributed by atoms with van der Waals surface area (Å²) in [7, 11) is 0.851. The first kappa shape index (κ1) is 22.4. The SMILES string of the molecule is CCC(=O)N1CCN(c2ccccc2NC(=O)c2c(F)c(F)c(OC)c(F)c2F)CC1. The van der Waals surface area contributed by atoms with Gasteiger partial charge in [0.25, 0.3) is 5.91 Å². The molecule has 1 aliphatic heterocycles. The number of nitrogens with one attached hydrogen (secondary N) is 1. The molecule has 2 aromatic carbocycles. The van der Waals surface area contributed by atoms with E-state index in [0.717, 1.165) is 7.11 Å². The molecule has 0 unspecified atom stereocenters. The molecule has 0 aromatic heterocycles. The molecule has 1 heterocycles. The number of methoxy groups -OCH3 is 1. The first-order chi connectivity index (χ1) is 14.8. The fourth-order valence-electron chi connectivity index (χ4n) is 3.45. The minimum Gasteiger partial charge on any atom is -0.491 e. The molecule has 0 radical (unpaired) electrons. The molecule has 0 aliphatic carbocycles. The molecule has 2 amide bonds. The number of piperazine rings is 1. The molecular weight excluding hydrogens is 418 g/mol. The van der Waals surface area contributed by atoms with Gasteiger partial charge in [0.15, 0.2) is 17.4 Å². The van der Waals surface area contributed by atoms with E-state index >= 15 is 0 Å². The van der Waals surface area contributed by atoms with Crippen LogP contribution in [0.4, 0.5) is 28.9 Å². The van der Waals surface area contributed by atoms with Crippen molar-refractivity contribution in [3.63, 3.8) is 0 Å². The number of benzene rings is 2. The van der Waals surface area contributed by atoms with E-state index in [0.29, 0.717) is 38.3 Å². The summed E-state index contributed by atoms with van der Waals surface area (Å²) < 4.78 is 60.8. The third-order valence-electron chi connectivity index (χ3n) is 5.08. The van der Waals surface area contributed by atoms with Gasteiger partial charge in [0.05, 0.1) is 18.5 Å². The lowest BCUT2D eigenvalue weighted by atomic mass is 10.1. The van der Waals surface area contributed by atoms with E-state index < -0.39 is 40.5 Å². The summed E-state index contributed by atoms with van der Waals surface area (Å²) in [5.74, 6) is -9.84. The maximum atomic E-state index is 14.3.